The first kappa shape index (κ1) is 35.0. The SMILES string of the molecule is CCCCCCCCCCCCCCCCCCCCCCCCNCCCCCCCCCC. The van der Waals surface area contributed by atoms with Gasteiger partial charge in [0.1, 0.15) is 0 Å². The van der Waals surface area contributed by atoms with E-state index in [1.54, 1.807) is 0 Å². The Kier molecular flexibility index (Phi) is 33.9. The van der Waals surface area contributed by atoms with Crippen LogP contribution in [-0.4, -0.2) is 13.1 Å². The molecule has 1 nitrogen and oxygen atoms in total. The summed E-state index contributed by atoms with van der Waals surface area (Å²) in [6, 6.07) is 0. The second-order valence-corrected chi connectivity index (χ2v) is 11.6. The lowest BCUT2D eigenvalue weighted by molar-refractivity contribution is 0.515. The van der Waals surface area contributed by atoms with Crippen LogP contribution in [0, 0.1) is 0 Å². The molecule has 0 aliphatic rings. The summed E-state index contributed by atoms with van der Waals surface area (Å²) in [6.07, 6.45) is 43.7. The summed E-state index contributed by atoms with van der Waals surface area (Å²) in [5, 5.41) is 3.66. The van der Waals surface area contributed by atoms with E-state index in [1.807, 2.05) is 0 Å². The average Bonchev–Trinajstić information content (AvgIpc) is 2.87. The molecule has 0 aromatic carbocycles. The topological polar surface area (TPSA) is 12.0 Å². The summed E-state index contributed by atoms with van der Waals surface area (Å²) in [5.74, 6) is 0. The first-order valence-corrected chi connectivity index (χ1v) is 17.1. The van der Waals surface area contributed by atoms with Gasteiger partial charge in [-0.05, 0) is 25.9 Å². The van der Waals surface area contributed by atoms with E-state index in [0.29, 0.717) is 0 Å². The maximum Gasteiger partial charge on any atom is -0.00489 e. The third-order valence-electron chi connectivity index (χ3n) is 7.91. The van der Waals surface area contributed by atoms with Crippen LogP contribution >= 0.6 is 0 Å². The average molecular weight is 494 g/mol. The van der Waals surface area contributed by atoms with Gasteiger partial charge in [-0.3, -0.25) is 0 Å². The van der Waals surface area contributed by atoms with Crippen molar-refractivity contribution in [1.82, 2.24) is 5.32 Å². The summed E-state index contributed by atoms with van der Waals surface area (Å²) in [6.45, 7) is 7.10. The van der Waals surface area contributed by atoms with E-state index in [-0.39, 0.29) is 0 Å². The maximum atomic E-state index is 3.66. The molecule has 0 heterocycles. The minimum atomic E-state index is 1.24. The number of rotatable bonds is 32. The Morgan fingerprint density at radius 2 is 0.400 bits per heavy atom. The van der Waals surface area contributed by atoms with Crippen molar-refractivity contribution in [2.24, 2.45) is 0 Å². The zero-order valence-electron chi connectivity index (χ0n) is 25.1. The van der Waals surface area contributed by atoms with E-state index in [9.17, 15) is 0 Å². The van der Waals surface area contributed by atoms with E-state index < -0.39 is 0 Å². The van der Waals surface area contributed by atoms with Gasteiger partial charge in [0.2, 0.25) is 0 Å². The summed E-state index contributed by atoms with van der Waals surface area (Å²) >= 11 is 0. The van der Waals surface area contributed by atoms with Crippen LogP contribution in [0.4, 0.5) is 0 Å². The molecule has 0 amide bonds. The van der Waals surface area contributed by atoms with E-state index >= 15 is 0 Å². The van der Waals surface area contributed by atoms with E-state index in [1.165, 1.54) is 206 Å². The Labute approximate surface area is 224 Å². The van der Waals surface area contributed by atoms with Crippen molar-refractivity contribution in [3.63, 3.8) is 0 Å². The minimum Gasteiger partial charge on any atom is -0.317 e. The second-order valence-electron chi connectivity index (χ2n) is 11.6. The molecule has 0 aliphatic carbocycles. The van der Waals surface area contributed by atoms with Gasteiger partial charge in [0.25, 0.3) is 0 Å². The molecule has 0 saturated carbocycles. The van der Waals surface area contributed by atoms with Crippen LogP contribution in [0.2, 0.25) is 0 Å². The van der Waals surface area contributed by atoms with Crippen LogP contribution in [0.5, 0.6) is 0 Å². The smallest absolute Gasteiger partial charge is 0.00489 e. The normalized spacial score (nSPS) is 11.5. The Morgan fingerprint density at radius 3 is 0.600 bits per heavy atom. The molecule has 0 atom stereocenters. The zero-order valence-corrected chi connectivity index (χ0v) is 25.1. The first-order chi connectivity index (χ1) is 17.4. The molecule has 0 aromatic rings. The quantitative estimate of drug-likeness (QED) is 0.0918. The Hall–Kier alpha value is -0.0400. The molecule has 0 bridgehead atoms. The molecular weight excluding hydrogens is 422 g/mol. The predicted molar refractivity (Wildman–Crippen MR) is 163 cm³/mol. The lowest BCUT2D eigenvalue weighted by atomic mass is 10.0. The highest BCUT2D eigenvalue weighted by Gasteiger charge is 1.96. The number of nitrogens with one attached hydrogen (secondary N) is 1. The lowest BCUT2D eigenvalue weighted by Crippen LogP contribution is -2.16. The van der Waals surface area contributed by atoms with Gasteiger partial charge >= 0.3 is 0 Å². The number of hydrogen-bond donors (Lipinski definition) is 1. The molecule has 0 rings (SSSR count). The fraction of sp³-hybridized carbons (Fsp3) is 1.00. The fourth-order valence-electron chi connectivity index (χ4n) is 5.37. The summed E-state index contributed by atoms with van der Waals surface area (Å²) in [7, 11) is 0. The fourth-order valence-corrected chi connectivity index (χ4v) is 5.37. The van der Waals surface area contributed by atoms with E-state index in [0.717, 1.165) is 0 Å². The lowest BCUT2D eigenvalue weighted by Gasteiger charge is -2.06. The molecule has 0 aromatic heterocycles. The highest BCUT2D eigenvalue weighted by molar-refractivity contribution is 4.53. The highest BCUT2D eigenvalue weighted by atomic mass is 14.8. The molecule has 0 radical (unpaired) electrons. The van der Waals surface area contributed by atoms with Gasteiger partial charge in [-0.15, -0.1) is 0 Å². The Balaban J connectivity index is 3.00. The van der Waals surface area contributed by atoms with Crippen LogP contribution < -0.4 is 5.32 Å². The number of hydrogen-bond acceptors (Lipinski definition) is 1. The minimum absolute atomic E-state index is 1.24. The van der Waals surface area contributed by atoms with Crippen molar-refractivity contribution in [2.75, 3.05) is 13.1 Å². The molecule has 0 saturated heterocycles. The third kappa shape index (κ3) is 34.0. The summed E-state index contributed by atoms with van der Waals surface area (Å²) < 4.78 is 0. The molecular formula is C34H71N. The maximum absolute atomic E-state index is 3.66. The van der Waals surface area contributed by atoms with Gasteiger partial charge < -0.3 is 5.32 Å². The van der Waals surface area contributed by atoms with Crippen LogP contribution in [0.15, 0.2) is 0 Å². The Morgan fingerprint density at radius 1 is 0.229 bits per heavy atom. The van der Waals surface area contributed by atoms with Gasteiger partial charge in [0, 0.05) is 0 Å². The van der Waals surface area contributed by atoms with Crippen molar-refractivity contribution >= 4 is 0 Å². The van der Waals surface area contributed by atoms with Crippen LogP contribution in [0.3, 0.4) is 0 Å². The summed E-state index contributed by atoms with van der Waals surface area (Å²) in [5.41, 5.74) is 0. The first-order valence-electron chi connectivity index (χ1n) is 17.1. The van der Waals surface area contributed by atoms with Crippen LogP contribution in [-0.2, 0) is 0 Å². The van der Waals surface area contributed by atoms with Crippen molar-refractivity contribution in [1.29, 1.82) is 0 Å². The van der Waals surface area contributed by atoms with Crippen molar-refractivity contribution in [2.45, 2.75) is 206 Å². The standard InChI is InChI=1S/C34H71N/c1-3-5-7-9-11-13-14-15-16-17-18-19-20-21-22-23-24-25-26-28-30-32-34-35-33-31-29-27-12-10-8-6-4-2/h35H,3-34H2,1-2H3. The second kappa shape index (κ2) is 34.0. The van der Waals surface area contributed by atoms with Crippen molar-refractivity contribution in [3.05, 3.63) is 0 Å². The monoisotopic (exact) mass is 494 g/mol. The van der Waals surface area contributed by atoms with Gasteiger partial charge in [-0.25, -0.2) is 0 Å². The molecule has 1 N–H and O–H groups in total. The van der Waals surface area contributed by atoms with Gasteiger partial charge in [0.15, 0.2) is 0 Å². The molecule has 35 heavy (non-hydrogen) atoms. The molecule has 212 valence electrons. The zero-order chi connectivity index (χ0) is 25.3. The van der Waals surface area contributed by atoms with E-state index in [4.69, 9.17) is 0 Å². The van der Waals surface area contributed by atoms with E-state index in [2.05, 4.69) is 19.2 Å². The Bertz CT molecular complexity index is 307. The molecule has 0 fully saturated rings. The molecule has 1 heteroatoms. The van der Waals surface area contributed by atoms with Crippen molar-refractivity contribution < 1.29 is 0 Å². The van der Waals surface area contributed by atoms with Gasteiger partial charge in [-0.2, -0.15) is 0 Å². The van der Waals surface area contributed by atoms with Crippen LogP contribution in [0.1, 0.15) is 206 Å². The molecule has 0 aliphatic heterocycles. The predicted octanol–water partition coefficient (Wildman–Crippen LogP) is 12.3. The molecule has 0 unspecified atom stereocenters. The number of unbranched alkanes of at least 4 members (excludes halogenated alkanes) is 28. The van der Waals surface area contributed by atoms with Gasteiger partial charge in [0.05, 0.1) is 0 Å². The van der Waals surface area contributed by atoms with Crippen LogP contribution in [0.25, 0.3) is 0 Å². The third-order valence-corrected chi connectivity index (χ3v) is 7.91. The highest BCUT2D eigenvalue weighted by Crippen LogP contribution is 2.15. The largest absolute Gasteiger partial charge is 0.317 e. The molecule has 0 spiro atoms. The summed E-state index contributed by atoms with van der Waals surface area (Å²) in [4.78, 5) is 0. The van der Waals surface area contributed by atoms with Gasteiger partial charge in [-0.1, -0.05) is 194 Å². The van der Waals surface area contributed by atoms with Crippen molar-refractivity contribution in [3.8, 4) is 0 Å².